The monoisotopic (exact) mass is 915 g/mol. The highest BCUT2D eigenvalue weighted by atomic mass is 35.5. The fourth-order valence-corrected chi connectivity index (χ4v) is 9.72. The molecule has 0 radical (unpaired) electrons. The van der Waals surface area contributed by atoms with Crippen LogP contribution in [0.25, 0.3) is 33.3 Å². The Morgan fingerprint density at radius 3 is 1.92 bits per heavy atom. The maximum Gasteiger partial charge on any atom is 0.222 e. The number of nitrogens with zero attached hydrogens (tertiary/aromatic N) is 12. The number of pyridine rings is 1. The number of ketones is 1. The Morgan fingerprint density at radius 2 is 1.38 bits per heavy atom. The summed E-state index contributed by atoms with van der Waals surface area (Å²) in [5.74, 6) is 0.202. The van der Waals surface area contributed by atoms with Crippen molar-refractivity contribution in [2.75, 3.05) is 80.8 Å². The van der Waals surface area contributed by atoms with Crippen LogP contribution in [0.15, 0.2) is 103 Å². The Labute approximate surface area is 385 Å². The number of nitrogens with one attached hydrogen (secondary N) is 1. The third-order valence-corrected chi connectivity index (χ3v) is 13.2. The predicted octanol–water partition coefficient (Wildman–Crippen LogP) is 7.10. The molecule has 18 heteroatoms. The summed E-state index contributed by atoms with van der Waals surface area (Å²) in [5.41, 5.74) is 5.78. The van der Waals surface area contributed by atoms with E-state index in [1.54, 1.807) is 34.9 Å². The first-order chi connectivity index (χ1) is 31.1. The average molecular weight is 917 g/mol. The Kier molecular flexibility index (Phi) is 12.4. The van der Waals surface area contributed by atoms with Gasteiger partial charge in [0.15, 0.2) is 17.6 Å². The van der Waals surface area contributed by atoms with Gasteiger partial charge in [0.1, 0.15) is 5.65 Å². The zero-order chi connectivity index (χ0) is 44.5. The SMILES string of the molecule is CNc1ncc(-c2cc(Cl)ccc2N2CCN(C(C=O)(C(=O)C(N3CCN(c4ccc(Cl)cc4-c4cnc(SC)nc4)CC3)n3nc(C)cc3C)n3ccc4cccnc43)CC2)cn1. The van der Waals surface area contributed by atoms with Gasteiger partial charge < -0.3 is 19.7 Å². The van der Waals surface area contributed by atoms with Gasteiger partial charge in [-0.1, -0.05) is 35.0 Å². The van der Waals surface area contributed by atoms with Crippen LogP contribution < -0.4 is 15.1 Å². The van der Waals surface area contributed by atoms with Crippen molar-refractivity contribution in [3.63, 3.8) is 0 Å². The molecule has 15 nitrogen and oxygen atoms in total. The molecule has 1 N–H and O–H groups in total. The van der Waals surface area contributed by atoms with Crippen LogP contribution in [0.2, 0.25) is 10.0 Å². The van der Waals surface area contributed by atoms with Crippen molar-refractivity contribution in [1.82, 2.24) is 49.1 Å². The number of hydrogen-bond acceptors (Lipinski definition) is 14. The second-order valence-electron chi connectivity index (χ2n) is 15.9. The summed E-state index contributed by atoms with van der Waals surface area (Å²) >= 11 is 14.6. The fraction of sp³-hybridized carbons (Fsp3) is 0.304. The summed E-state index contributed by atoms with van der Waals surface area (Å²) in [6.07, 6.45) is 12.5. The lowest BCUT2D eigenvalue weighted by atomic mass is 9.97. The van der Waals surface area contributed by atoms with Crippen LogP contribution in [-0.2, 0) is 15.3 Å². The zero-order valence-electron chi connectivity index (χ0n) is 35.9. The molecule has 0 spiro atoms. The second-order valence-corrected chi connectivity index (χ2v) is 17.5. The van der Waals surface area contributed by atoms with Gasteiger partial charge in [0.2, 0.25) is 17.4 Å². The van der Waals surface area contributed by atoms with Gasteiger partial charge in [0.05, 0.1) is 5.69 Å². The number of Topliss-reactive ketones (excluding diaryl/α,β-unsaturated/α-hetero) is 1. The minimum atomic E-state index is -1.79. The van der Waals surface area contributed by atoms with E-state index >= 15 is 4.79 Å². The van der Waals surface area contributed by atoms with E-state index in [2.05, 4.69) is 40.0 Å². The number of aryl methyl sites for hydroxylation is 2. The van der Waals surface area contributed by atoms with Gasteiger partial charge >= 0.3 is 0 Å². The van der Waals surface area contributed by atoms with Crippen molar-refractivity contribution in [3.05, 3.63) is 119 Å². The molecule has 328 valence electrons. The van der Waals surface area contributed by atoms with Gasteiger partial charge in [-0.25, -0.2) is 29.6 Å². The lowest BCUT2D eigenvalue weighted by Crippen LogP contribution is -2.66. The molecule has 2 saturated heterocycles. The molecule has 9 rings (SSSR count). The quantitative estimate of drug-likeness (QED) is 0.0543. The van der Waals surface area contributed by atoms with Crippen LogP contribution in [-0.4, -0.2) is 127 Å². The molecular formula is C46H47Cl2N13O2S. The maximum absolute atomic E-state index is 16.1. The number of hydrogen-bond donors (Lipinski definition) is 1. The van der Waals surface area contributed by atoms with E-state index < -0.39 is 11.8 Å². The topological polar surface area (TPSA) is 146 Å². The number of thioether (sulfide) groups is 1. The summed E-state index contributed by atoms with van der Waals surface area (Å²) in [6.45, 7) is 7.85. The molecule has 7 aromatic rings. The number of carbonyl (C=O) groups excluding carboxylic acids is 2. The van der Waals surface area contributed by atoms with Gasteiger partial charge in [0.25, 0.3) is 0 Å². The average Bonchev–Trinajstić information content (AvgIpc) is 3.92. The van der Waals surface area contributed by atoms with Crippen molar-refractivity contribution < 1.29 is 9.59 Å². The van der Waals surface area contributed by atoms with Crippen molar-refractivity contribution >= 4 is 75.4 Å². The van der Waals surface area contributed by atoms with E-state index in [-0.39, 0.29) is 5.78 Å². The summed E-state index contributed by atoms with van der Waals surface area (Å²) < 4.78 is 3.56. The molecule has 7 heterocycles. The number of aromatic nitrogens is 8. The van der Waals surface area contributed by atoms with Crippen molar-refractivity contribution in [2.45, 2.75) is 30.8 Å². The number of anilines is 3. The molecular weight excluding hydrogens is 870 g/mol. The summed E-state index contributed by atoms with van der Waals surface area (Å²) in [5, 5.41) is 10.6. The number of carbonyl (C=O) groups is 2. The third kappa shape index (κ3) is 8.09. The molecule has 2 aromatic carbocycles. The first-order valence-corrected chi connectivity index (χ1v) is 23.0. The number of rotatable bonds is 13. The highest BCUT2D eigenvalue weighted by Gasteiger charge is 2.53. The van der Waals surface area contributed by atoms with E-state index in [0.717, 1.165) is 56.7 Å². The first kappa shape index (κ1) is 43.3. The van der Waals surface area contributed by atoms with E-state index in [9.17, 15) is 4.79 Å². The van der Waals surface area contributed by atoms with Gasteiger partial charge in [-0.2, -0.15) is 5.10 Å². The number of benzene rings is 2. The highest BCUT2D eigenvalue weighted by Crippen LogP contribution is 2.39. The molecule has 2 unspecified atom stereocenters. The molecule has 2 atom stereocenters. The Balaban J connectivity index is 1.06. The Morgan fingerprint density at radius 1 is 0.781 bits per heavy atom. The zero-order valence-corrected chi connectivity index (χ0v) is 38.2. The molecule has 2 fully saturated rings. The molecule has 64 heavy (non-hydrogen) atoms. The maximum atomic E-state index is 16.1. The lowest BCUT2D eigenvalue weighted by Gasteiger charge is -2.48. The molecule has 0 aliphatic carbocycles. The Hall–Kier alpha value is -5.91. The number of aldehydes is 1. The lowest BCUT2D eigenvalue weighted by molar-refractivity contribution is -0.153. The van der Waals surface area contributed by atoms with E-state index in [1.165, 1.54) is 11.8 Å². The summed E-state index contributed by atoms with van der Waals surface area (Å²) in [4.78, 5) is 61.9. The fourth-order valence-electron chi connectivity index (χ4n) is 9.06. The number of fused-ring (bicyclic) bond motifs is 1. The second kappa shape index (κ2) is 18.3. The van der Waals surface area contributed by atoms with Crippen molar-refractivity contribution in [3.8, 4) is 22.3 Å². The van der Waals surface area contributed by atoms with Gasteiger partial charge in [-0.15, -0.1) is 0 Å². The van der Waals surface area contributed by atoms with Gasteiger partial charge in [0, 0.05) is 151 Å². The first-order valence-electron chi connectivity index (χ1n) is 21.0. The van der Waals surface area contributed by atoms with Crippen LogP contribution in [0.4, 0.5) is 17.3 Å². The van der Waals surface area contributed by atoms with Crippen LogP contribution in [0.3, 0.4) is 0 Å². The van der Waals surface area contributed by atoms with E-state index in [1.807, 2.05) is 104 Å². The highest BCUT2D eigenvalue weighted by molar-refractivity contribution is 7.98. The normalized spacial score (nSPS) is 16.5. The van der Waals surface area contributed by atoms with Gasteiger partial charge in [-0.3, -0.25) is 19.4 Å². The predicted molar refractivity (Wildman–Crippen MR) is 253 cm³/mol. The van der Waals surface area contributed by atoms with Crippen molar-refractivity contribution in [1.29, 1.82) is 0 Å². The summed E-state index contributed by atoms with van der Waals surface area (Å²) in [6, 6.07) is 19.3. The van der Waals surface area contributed by atoms with Crippen LogP contribution >= 0.6 is 35.0 Å². The largest absolute Gasteiger partial charge is 0.368 e. The number of piperazine rings is 2. The minimum absolute atomic E-state index is 0.314. The molecule has 5 aromatic heterocycles. The third-order valence-electron chi connectivity index (χ3n) is 12.2. The van der Waals surface area contributed by atoms with Gasteiger partial charge in [-0.05, 0) is 80.8 Å². The number of halogens is 2. The smallest absolute Gasteiger partial charge is 0.222 e. The molecule has 0 amide bonds. The van der Waals surface area contributed by atoms with E-state index in [4.69, 9.17) is 33.3 Å². The molecule has 0 saturated carbocycles. The van der Waals surface area contributed by atoms with E-state index in [0.29, 0.717) is 79.2 Å². The molecule has 2 aliphatic rings. The van der Waals surface area contributed by atoms with Crippen molar-refractivity contribution in [2.24, 2.45) is 0 Å². The minimum Gasteiger partial charge on any atom is -0.368 e. The van der Waals surface area contributed by atoms with Crippen LogP contribution in [0, 0.1) is 13.8 Å². The molecule has 0 bridgehead atoms. The van der Waals surface area contributed by atoms with Crippen LogP contribution in [0.5, 0.6) is 0 Å². The summed E-state index contributed by atoms with van der Waals surface area (Å²) in [7, 11) is 1.77. The standard InChI is InChI=1S/C46H47Cl2N13O2S/c1-30-22-31(2)61(55-30)43(58-16-14-56(15-17-58)39-9-7-36(48)24-38(39)34-27-53-45(64-4)54-28-34)41(63)46(29-62,60-13-11-32-6-5-12-50-42(32)60)59-20-18-57(19-21-59)40-10-8-35(47)23-37(40)33-25-51-44(49-3)52-26-33/h5-13,22-29,43H,14-21H2,1-4H3,(H,49,51,52). The Bertz CT molecular complexity index is 2800. The van der Waals surface area contributed by atoms with Crippen LogP contribution in [0.1, 0.15) is 17.6 Å². The molecule has 2 aliphatic heterocycles.